The molecule has 0 unspecified atom stereocenters. The van der Waals surface area contributed by atoms with Crippen molar-refractivity contribution in [1.29, 1.82) is 0 Å². The van der Waals surface area contributed by atoms with Gasteiger partial charge >= 0.3 is 0 Å². The molecule has 0 spiro atoms. The van der Waals surface area contributed by atoms with Gasteiger partial charge in [0.05, 0.1) is 4.88 Å². The normalized spacial score (nSPS) is 10.7. The predicted octanol–water partition coefficient (Wildman–Crippen LogP) is 3.61. The lowest BCUT2D eigenvalue weighted by Crippen LogP contribution is -2.12. The smallest absolute Gasteiger partial charge is 0.265 e. The molecule has 0 aliphatic rings. The highest BCUT2D eigenvalue weighted by Crippen LogP contribution is 2.26. The number of carbonyl (C=O) groups is 1. The number of anilines is 1. The molecule has 3 N–H and O–H groups in total. The molecule has 1 amide bonds. The average molecular weight is 282 g/mol. The first-order valence-corrected chi connectivity index (χ1v) is 7.17. The Balaban J connectivity index is 1.89. The second-order valence-corrected chi connectivity index (χ2v) is 5.55. The molecule has 0 saturated carbocycles. The van der Waals surface area contributed by atoms with Crippen molar-refractivity contribution in [2.75, 3.05) is 5.32 Å². The fraction of sp³-hybridized carbons (Fsp3) is 0.0625. The quantitative estimate of drug-likeness (QED) is 0.771. The van der Waals surface area contributed by atoms with Crippen LogP contribution in [-0.2, 0) is 6.54 Å². The third kappa shape index (κ3) is 2.43. The zero-order valence-corrected chi connectivity index (χ0v) is 11.6. The molecule has 100 valence electrons. The number of para-hydroxylation sites is 1. The van der Waals surface area contributed by atoms with Gasteiger partial charge in [-0.2, -0.15) is 0 Å². The molecule has 0 bridgehead atoms. The molecule has 3 aromatic rings. The highest BCUT2D eigenvalue weighted by atomic mass is 32.1. The summed E-state index contributed by atoms with van der Waals surface area (Å²) in [5, 5.41) is 4.02. The number of thiophene rings is 1. The van der Waals surface area contributed by atoms with E-state index >= 15 is 0 Å². The third-order valence-electron chi connectivity index (χ3n) is 3.13. The van der Waals surface area contributed by atoms with Crippen LogP contribution in [0.1, 0.15) is 15.2 Å². The van der Waals surface area contributed by atoms with E-state index in [1.807, 2.05) is 54.6 Å². The van der Waals surface area contributed by atoms with Crippen molar-refractivity contribution in [2.45, 2.75) is 6.54 Å². The van der Waals surface area contributed by atoms with E-state index in [9.17, 15) is 4.79 Å². The summed E-state index contributed by atoms with van der Waals surface area (Å²) < 4.78 is 1.12. The summed E-state index contributed by atoms with van der Waals surface area (Å²) in [5.41, 5.74) is 7.39. The topological polar surface area (TPSA) is 55.1 Å². The van der Waals surface area contributed by atoms with Crippen LogP contribution in [0.25, 0.3) is 10.1 Å². The maximum atomic E-state index is 12.3. The highest BCUT2D eigenvalue weighted by Gasteiger charge is 2.11. The fourth-order valence-corrected chi connectivity index (χ4v) is 3.06. The number of hydrogen-bond acceptors (Lipinski definition) is 3. The van der Waals surface area contributed by atoms with Crippen LogP contribution in [-0.4, -0.2) is 5.91 Å². The third-order valence-corrected chi connectivity index (χ3v) is 4.25. The first-order chi connectivity index (χ1) is 9.78. The first-order valence-electron chi connectivity index (χ1n) is 6.36. The van der Waals surface area contributed by atoms with Crippen molar-refractivity contribution in [1.82, 2.24) is 0 Å². The molecule has 0 saturated heterocycles. The van der Waals surface area contributed by atoms with Crippen LogP contribution < -0.4 is 11.1 Å². The summed E-state index contributed by atoms with van der Waals surface area (Å²) in [4.78, 5) is 13.0. The van der Waals surface area contributed by atoms with Crippen LogP contribution in [0.3, 0.4) is 0 Å². The standard InChI is InChI=1S/C16H14N2OS/c17-10-12-6-1-3-7-13(12)18-16(19)15-9-11-5-2-4-8-14(11)20-15/h1-9H,10,17H2,(H,18,19). The SMILES string of the molecule is NCc1ccccc1NC(=O)c1cc2ccccc2s1. The van der Waals surface area contributed by atoms with E-state index in [4.69, 9.17) is 5.73 Å². The van der Waals surface area contributed by atoms with Crippen LogP contribution in [0.5, 0.6) is 0 Å². The number of amides is 1. The summed E-state index contributed by atoms with van der Waals surface area (Å²) in [6.45, 7) is 0.406. The Kier molecular flexibility index (Phi) is 3.50. The van der Waals surface area contributed by atoms with E-state index in [1.54, 1.807) is 0 Å². The van der Waals surface area contributed by atoms with Gasteiger partial charge < -0.3 is 11.1 Å². The van der Waals surface area contributed by atoms with Gasteiger partial charge in [-0.1, -0.05) is 36.4 Å². The molecule has 0 radical (unpaired) electrons. The molecule has 0 fully saturated rings. The lowest BCUT2D eigenvalue weighted by Gasteiger charge is -2.08. The Hall–Kier alpha value is -2.17. The van der Waals surface area contributed by atoms with Crippen molar-refractivity contribution in [3.05, 3.63) is 65.0 Å². The maximum Gasteiger partial charge on any atom is 0.265 e. The second kappa shape index (κ2) is 5.45. The Morgan fingerprint density at radius 1 is 1.10 bits per heavy atom. The largest absolute Gasteiger partial charge is 0.326 e. The van der Waals surface area contributed by atoms with Crippen molar-refractivity contribution in [3.8, 4) is 0 Å². The van der Waals surface area contributed by atoms with Gasteiger partial charge in [0.15, 0.2) is 0 Å². The minimum atomic E-state index is -0.0906. The van der Waals surface area contributed by atoms with Crippen LogP contribution >= 0.6 is 11.3 Å². The number of benzene rings is 2. The van der Waals surface area contributed by atoms with Crippen molar-refractivity contribution < 1.29 is 4.79 Å². The van der Waals surface area contributed by atoms with Gasteiger partial charge in [-0.3, -0.25) is 4.79 Å². The monoisotopic (exact) mass is 282 g/mol. The van der Waals surface area contributed by atoms with E-state index in [0.717, 1.165) is 21.3 Å². The molecule has 20 heavy (non-hydrogen) atoms. The minimum Gasteiger partial charge on any atom is -0.326 e. The molecule has 3 rings (SSSR count). The van der Waals surface area contributed by atoms with Gasteiger partial charge in [0, 0.05) is 16.9 Å². The molecular formula is C16H14N2OS. The minimum absolute atomic E-state index is 0.0906. The summed E-state index contributed by atoms with van der Waals surface area (Å²) in [6, 6.07) is 17.5. The van der Waals surface area contributed by atoms with Crippen molar-refractivity contribution in [2.24, 2.45) is 5.73 Å². The predicted molar refractivity (Wildman–Crippen MR) is 84.1 cm³/mol. The summed E-state index contributed by atoms with van der Waals surface area (Å²) in [6.07, 6.45) is 0. The van der Waals surface area contributed by atoms with Gasteiger partial charge in [0.1, 0.15) is 0 Å². The summed E-state index contributed by atoms with van der Waals surface area (Å²) in [7, 11) is 0. The Bertz CT molecular complexity index is 731. The van der Waals surface area contributed by atoms with E-state index in [1.165, 1.54) is 11.3 Å². The molecule has 0 aliphatic heterocycles. The number of carbonyl (C=O) groups excluding carboxylic acids is 1. The van der Waals surface area contributed by atoms with Gasteiger partial charge in [-0.05, 0) is 29.1 Å². The van der Waals surface area contributed by atoms with Gasteiger partial charge in [0.25, 0.3) is 5.91 Å². The Labute approximate surface area is 121 Å². The fourth-order valence-electron chi connectivity index (χ4n) is 2.10. The number of nitrogens with two attached hydrogens (primary N) is 1. The van der Waals surface area contributed by atoms with E-state index in [0.29, 0.717) is 11.4 Å². The zero-order valence-electron chi connectivity index (χ0n) is 10.8. The van der Waals surface area contributed by atoms with E-state index in [2.05, 4.69) is 5.32 Å². The molecule has 0 atom stereocenters. The van der Waals surface area contributed by atoms with Gasteiger partial charge in [0.2, 0.25) is 0 Å². The molecule has 4 heteroatoms. The van der Waals surface area contributed by atoms with Crippen LogP contribution in [0.15, 0.2) is 54.6 Å². The second-order valence-electron chi connectivity index (χ2n) is 4.46. The summed E-state index contributed by atoms with van der Waals surface area (Å²) in [5.74, 6) is -0.0906. The number of fused-ring (bicyclic) bond motifs is 1. The highest BCUT2D eigenvalue weighted by molar-refractivity contribution is 7.20. The molecule has 0 aliphatic carbocycles. The van der Waals surface area contributed by atoms with E-state index < -0.39 is 0 Å². The number of hydrogen-bond donors (Lipinski definition) is 2. The van der Waals surface area contributed by atoms with Gasteiger partial charge in [-0.15, -0.1) is 11.3 Å². The number of rotatable bonds is 3. The zero-order chi connectivity index (χ0) is 13.9. The Morgan fingerprint density at radius 3 is 2.65 bits per heavy atom. The molecule has 3 nitrogen and oxygen atoms in total. The molecule has 1 heterocycles. The number of nitrogens with one attached hydrogen (secondary N) is 1. The molecule has 2 aromatic carbocycles. The lowest BCUT2D eigenvalue weighted by molar-refractivity contribution is 0.103. The van der Waals surface area contributed by atoms with Crippen LogP contribution in [0.4, 0.5) is 5.69 Å². The summed E-state index contributed by atoms with van der Waals surface area (Å²) >= 11 is 1.49. The van der Waals surface area contributed by atoms with Gasteiger partial charge in [-0.25, -0.2) is 0 Å². The lowest BCUT2D eigenvalue weighted by atomic mass is 10.2. The first kappa shape index (κ1) is 12.8. The molecule has 1 aromatic heterocycles. The van der Waals surface area contributed by atoms with Crippen molar-refractivity contribution >= 4 is 33.0 Å². The average Bonchev–Trinajstić information content (AvgIpc) is 2.92. The molecular weight excluding hydrogens is 268 g/mol. The van der Waals surface area contributed by atoms with Crippen molar-refractivity contribution in [3.63, 3.8) is 0 Å². The van der Waals surface area contributed by atoms with Crippen LogP contribution in [0.2, 0.25) is 0 Å². The Morgan fingerprint density at radius 2 is 1.85 bits per heavy atom. The van der Waals surface area contributed by atoms with Crippen LogP contribution in [0, 0.1) is 0 Å². The van der Waals surface area contributed by atoms with E-state index in [-0.39, 0.29) is 5.91 Å². The maximum absolute atomic E-state index is 12.3.